The van der Waals surface area contributed by atoms with Crippen LogP contribution < -0.4 is 5.32 Å². The lowest BCUT2D eigenvalue weighted by Gasteiger charge is -2.40. The number of hydrogen-bond acceptors (Lipinski definition) is 5. The molecule has 3 fully saturated rings. The number of hydrogen-bond donors (Lipinski definition) is 1. The first kappa shape index (κ1) is 15.6. The van der Waals surface area contributed by atoms with E-state index in [0.29, 0.717) is 22.6 Å². The van der Waals surface area contributed by atoms with Crippen molar-refractivity contribution in [1.82, 2.24) is 5.32 Å². The monoisotopic (exact) mass is 313 g/mol. The van der Waals surface area contributed by atoms with Crippen molar-refractivity contribution in [2.24, 2.45) is 0 Å². The van der Waals surface area contributed by atoms with E-state index >= 15 is 0 Å². The summed E-state index contributed by atoms with van der Waals surface area (Å²) in [5.74, 6) is -0.0598. The summed E-state index contributed by atoms with van der Waals surface area (Å²) in [5.41, 5.74) is -0.436. The molecule has 0 bridgehead atoms. The zero-order chi connectivity index (χ0) is 14.9. The maximum absolute atomic E-state index is 12.4. The van der Waals surface area contributed by atoms with Crippen molar-refractivity contribution in [3.05, 3.63) is 0 Å². The molecule has 3 rings (SSSR count). The van der Waals surface area contributed by atoms with Gasteiger partial charge in [-0.25, -0.2) is 0 Å². The average Bonchev–Trinajstić information content (AvgIpc) is 3.20. The molecular weight excluding hydrogens is 286 g/mol. The fraction of sp³-hybridized carbons (Fsp3) is 0.938. The van der Waals surface area contributed by atoms with Gasteiger partial charge in [0.1, 0.15) is 5.54 Å². The highest BCUT2D eigenvalue weighted by Gasteiger charge is 2.47. The molecule has 4 unspecified atom stereocenters. The first-order valence-corrected chi connectivity index (χ1v) is 9.20. The van der Waals surface area contributed by atoms with Crippen molar-refractivity contribution in [2.75, 3.05) is 13.7 Å². The molecule has 0 aromatic heterocycles. The van der Waals surface area contributed by atoms with E-state index in [-0.39, 0.29) is 5.97 Å². The number of carbonyl (C=O) groups excluding carboxylic acids is 1. The molecule has 1 N–H and O–H groups in total. The fourth-order valence-corrected chi connectivity index (χ4v) is 5.38. The molecule has 5 heteroatoms. The molecule has 1 saturated heterocycles. The maximum Gasteiger partial charge on any atom is 0.326 e. The van der Waals surface area contributed by atoms with Gasteiger partial charge in [0, 0.05) is 23.1 Å². The van der Waals surface area contributed by atoms with Gasteiger partial charge in [-0.05, 0) is 51.9 Å². The molecule has 120 valence electrons. The van der Waals surface area contributed by atoms with Crippen molar-refractivity contribution in [3.8, 4) is 0 Å². The van der Waals surface area contributed by atoms with Gasteiger partial charge in [0.05, 0.1) is 13.2 Å². The van der Waals surface area contributed by atoms with Gasteiger partial charge in [-0.15, -0.1) is 0 Å². The summed E-state index contributed by atoms with van der Waals surface area (Å²) in [4.78, 5) is 12.4. The van der Waals surface area contributed by atoms with Gasteiger partial charge < -0.3 is 9.47 Å². The van der Waals surface area contributed by atoms with Crippen LogP contribution in [0, 0.1) is 0 Å². The van der Waals surface area contributed by atoms with Crippen LogP contribution in [0.5, 0.6) is 0 Å². The number of carbonyl (C=O) groups is 1. The van der Waals surface area contributed by atoms with Gasteiger partial charge >= 0.3 is 5.97 Å². The molecule has 2 saturated carbocycles. The van der Waals surface area contributed by atoms with Crippen LogP contribution in [0.3, 0.4) is 0 Å². The molecule has 0 aromatic carbocycles. The molecule has 4 atom stereocenters. The molecule has 0 spiro atoms. The third-order valence-electron chi connectivity index (χ3n) is 5.01. The van der Waals surface area contributed by atoms with E-state index in [0.717, 1.165) is 32.3 Å². The van der Waals surface area contributed by atoms with E-state index in [9.17, 15) is 4.79 Å². The Morgan fingerprint density at radius 1 is 1.33 bits per heavy atom. The topological polar surface area (TPSA) is 47.6 Å². The normalized spacial score (nSPS) is 40.2. The number of methoxy groups -OCH3 is 1. The minimum Gasteiger partial charge on any atom is -0.468 e. The Kier molecular flexibility index (Phi) is 4.81. The third-order valence-corrected chi connectivity index (χ3v) is 6.77. The van der Waals surface area contributed by atoms with Crippen LogP contribution in [0.15, 0.2) is 0 Å². The van der Waals surface area contributed by atoms with E-state index < -0.39 is 5.54 Å². The lowest BCUT2D eigenvalue weighted by Crippen LogP contribution is -2.57. The predicted octanol–water partition coefficient (Wildman–Crippen LogP) is 2.50. The summed E-state index contributed by atoms with van der Waals surface area (Å²) < 4.78 is 10.8. The zero-order valence-electron chi connectivity index (χ0n) is 13.1. The second kappa shape index (κ2) is 6.47. The smallest absolute Gasteiger partial charge is 0.326 e. The van der Waals surface area contributed by atoms with Crippen molar-refractivity contribution in [3.63, 3.8) is 0 Å². The van der Waals surface area contributed by atoms with Gasteiger partial charge in [0.15, 0.2) is 0 Å². The van der Waals surface area contributed by atoms with Gasteiger partial charge in [-0.3, -0.25) is 10.1 Å². The van der Waals surface area contributed by atoms with Gasteiger partial charge in [-0.1, -0.05) is 0 Å². The predicted molar refractivity (Wildman–Crippen MR) is 84.6 cm³/mol. The second-order valence-electron chi connectivity index (χ2n) is 6.75. The van der Waals surface area contributed by atoms with Crippen molar-refractivity contribution in [2.45, 2.75) is 80.1 Å². The number of ether oxygens (including phenoxy) is 2. The number of nitrogens with one attached hydrogen (secondary N) is 1. The van der Waals surface area contributed by atoms with Crippen LogP contribution in [0.1, 0.15) is 51.9 Å². The number of thioether (sulfide) groups is 1. The molecule has 0 amide bonds. The summed E-state index contributed by atoms with van der Waals surface area (Å²) in [5, 5.41) is 4.73. The van der Waals surface area contributed by atoms with Crippen LogP contribution in [0.25, 0.3) is 0 Å². The Hall–Kier alpha value is -0.260. The van der Waals surface area contributed by atoms with Gasteiger partial charge in [0.2, 0.25) is 0 Å². The zero-order valence-corrected chi connectivity index (χ0v) is 13.9. The van der Waals surface area contributed by atoms with Gasteiger partial charge in [0.25, 0.3) is 0 Å². The summed E-state index contributed by atoms with van der Waals surface area (Å²) in [7, 11) is 1.52. The molecule has 1 heterocycles. The van der Waals surface area contributed by atoms with Crippen LogP contribution >= 0.6 is 11.8 Å². The third kappa shape index (κ3) is 3.57. The van der Waals surface area contributed by atoms with E-state index in [1.54, 1.807) is 0 Å². The standard InChI is InChI=1S/C16H27NO3S/c1-11-14(7-9-20-11)21-13-4-3-8-16(10-13,15(18)19-2)17-12-5-6-12/h11-14,17H,3-10H2,1-2H3. The Labute approximate surface area is 131 Å². The molecule has 0 radical (unpaired) electrons. The highest BCUT2D eigenvalue weighted by molar-refractivity contribution is 8.00. The molecule has 4 nitrogen and oxygen atoms in total. The van der Waals surface area contributed by atoms with E-state index in [1.165, 1.54) is 26.4 Å². The fourth-order valence-electron chi connectivity index (χ4n) is 3.67. The minimum atomic E-state index is -0.436. The van der Waals surface area contributed by atoms with Crippen LogP contribution in [0.4, 0.5) is 0 Å². The van der Waals surface area contributed by atoms with E-state index in [2.05, 4.69) is 12.2 Å². The summed E-state index contributed by atoms with van der Waals surface area (Å²) in [6.07, 6.45) is 8.03. The Bertz CT molecular complexity index is 388. The summed E-state index contributed by atoms with van der Waals surface area (Å²) in [6, 6.07) is 0.529. The number of esters is 1. The van der Waals surface area contributed by atoms with Crippen molar-refractivity contribution in [1.29, 1.82) is 0 Å². The van der Waals surface area contributed by atoms with Crippen LogP contribution in [-0.2, 0) is 14.3 Å². The number of rotatable bonds is 5. The lowest BCUT2D eigenvalue weighted by molar-refractivity contribution is -0.150. The summed E-state index contributed by atoms with van der Waals surface area (Å²) in [6.45, 7) is 3.05. The largest absolute Gasteiger partial charge is 0.468 e. The Morgan fingerprint density at radius 2 is 2.14 bits per heavy atom. The second-order valence-corrected chi connectivity index (χ2v) is 8.29. The maximum atomic E-state index is 12.4. The average molecular weight is 313 g/mol. The molecular formula is C16H27NO3S. The minimum absolute atomic E-state index is 0.0598. The molecule has 3 aliphatic rings. The van der Waals surface area contributed by atoms with E-state index in [4.69, 9.17) is 9.47 Å². The first-order chi connectivity index (χ1) is 10.1. The van der Waals surface area contributed by atoms with Crippen molar-refractivity contribution >= 4 is 17.7 Å². The Morgan fingerprint density at radius 3 is 2.76 bits per heavy atom. The molecule has 0 aromatic rings. The highest BCUT2D eigenvalue weighted by atomic mass is 32.2. The van der Waals surface area contributed by atoms with Gasteiger partial charge in [-0.2, -0.15) is 11.8 Å². The van der Waals surface area contributed by atoms with Crippen molar-refractivity contribution < 1.29 is 14.3 Å². The molecule has 2 aliphatic carbocycles. The molecule has 1 aliphatic heterocycles. The SMILES string of the molecule is COC(=O)C1(NC2CC2)CCCC(SC2CCOC2C)C1. The van der Waals surface area contributed by atoms with E-state index in [1.807, 2.05) is 11.8 Å². The van der Waals surface area contributed by atoms with Crippen LogP contribution in [0.2, 0.25) is 0 Å². The lowest BCUT2D eigenvalue weighted by atomic mass is 9.81. The molecule has 21 heavy (non-hydrogen) atoms. The first-order valence-electron chi connectivity index (χ1n) is 8.26. The highest BCUT2D eigenvalue weighted by Crippen LogP contribution is 2.41. The van der Waals surface area contributed by atoms with Crippen LogP contribution in [-0.4, -0.2) is 47.9 Å². The quantitative estimate of drug-likeness (QED) is 0.790. The summed E-state index contributed by atoms with van der Waals surface area (Å²) >= 11 is 2.04. The Balaban J connectivity index is 1.65.